The van der Waals surface area contributed by atoms with Crippen molar-refractivity contribution in [1.82, 2.24) is 9.97 Å². The molecule has 10 heteroatoms. The minimum atomic E-state index is -0.568. The number of rotatable bonds is 6. The number of aromatic nitrogens is 2. The van der Waals surface area contributed by atoms with Crippen LogP contribution in [0.25, 0.3) is 0 Å². The van der Waals surface area contributed by atoms with Crippen LogP contribution in [0.15, 0.2) is 42.7 Å². The van der Waals surface area contributed by atoms with Crippen molar-refractivity contribution in [3.8, 4) is 5.75 Å². The number of nitrogens with zero attached hydrogens (tertiary/aromatic N) is 3. The third kappa shape index (κ3) is 4.08. The molecule has 0 atom stereocenters. The first kappa shape index (κ1) is 19.7. The molecule has 3 rings (SSSR count). The highest BCUT2D eigenvalue weighted by molar-refractivity contribution is 6.31. The van der Waals surface area contributed by atoms with Gasteiger partial charge in [-0.1, -0.05) is 29.3 Å². The zero-order valence-corrected chi connectivity index (χ0v) is 16.4. The summed E-state index contributed by atoms with van der Waals surface area (Å²) in [4.78, 5) is 19.2. The maximum absolute atomic E-state index is 11.8. The van der Waals surface area contributed by atoms with E-state index in [4.69, 9.17) is 27.9 Å². The van der Waals surface area contributed by atoms with Crippen molar-refractivity contribution in [2.45, 2.75) is 6.92 Å². The van der Waals surface area contributed by atoms with Crippen molar-refractivity contribution >= 4 is 51.9 Å². The van der Waals surface area contributed by atoms with E-state index in [-0.39, 0.29) is 17.3 Å². The van der Waals surface area contributed by atoms with Crippen LogP contribution in [0.5, 0.6) is 5.75 Å². The third-order valence-corrected chi connectivity index (χ3v) is 4.58. The van der Waals surface area contributed by atoms with Crippen molar-refractivity contribution in [3.05, 3.63) is 68.4 Å². The molecule has 0 spiro atoms. The number of methoxy groups -OCH3 is 1. The molecule has 0 aliphatic rings. The van der Waals surface area contributed by atoms with Gasteiger partial charge in [0, 0.05) is 15.7 Å². The summed E-state index contributed by atoms with van der Waals surface area (Å²) in [5, 5.41) is 18.6. The monoisotopic (exact) mass is 419 g/mol. The van der Waals surface area contributed by atoms with Gasteiger partial charge in [-0.3, -0.25) is 10.1 Å². The van der Waals surface area contributed by atoms with Gasteiger partial charge in [-0.25, -0.2) is 9.97 Å². The molecule has 8 nitrogen and oxygen atoms in total. The third-order valence-electron chi connectivity index (χ3n) is 3.94. The van der Waals surface area contributed by atoms with Crippen LogP contribution in [0.3, 0.4) is 0 Å². The summed E-state index contributed by atoms with van der Waals surface area (Å²) in [5.41, 5.74) is 1.44. The molecule has 0 aliphatic heterocycles. The molecule has 0 unspecified atom stereocenters. The number of halogens is 2. The molecule has 0 bridgehead atoms. The first-order valence-electron chi connectivity index (χ1n) is 8.02. The molecule has 0 saturated heterocycles. The van der Waals surface area contributed by atoms with Crippen LogP contribution in [-0.4, -0.2) is 22.0 Å². The Morgan fingerprint density at radius 1 is 1.07 bits per heavy atom. The number of hydrogen-bond acceptors (Lipinski definition) is 7. The number of nitrogens with one attached hydrogen (secondary N) is 2. The number of ether oxygens (including phenoxy) is 1. The maximum atomic E-state index is 11.8. The molecule has 0 aliphatic carbocycles. The van der Waals surface area contributed by atoms with Gasteiger partial charge in [0.15, 0.2) is 0 Å². The molecule has 0 radical (unpaired) electrons. The van der Waals surface area contributed by atoms with E-state index in [0.29, 0.717) is 27.2 Å². The molecular weight excluding hydrogens is 405 g/mol. The summed E-state index contributed by atoms with van der Waals surface area (Å²) < 4.78 is 5.26. The van der Waals surface area contributed by atoms with E-state index >= 15 is 0 Å². The highest BCUT2D eigenvalue weighted by atomic mass is 35.5. The Morgan fingerprint density at radius 3 is 2.39 bits per heavy atom. The normalized spacial score (nSPS) is 10.4. The first-order valence-corrected chi connectivity index (χ1v) is 8.78. The lowest BCUT2D eigenvalue weighted by molar-refractivity contribution is -0.383. The smallest absolute Gasteiger partial charge is 0.353 e. The van der Waals surface area contributed by atoms with Gasteiger partial charge in [-0.05, 0) is 42.8 Å². The standard InChI is InChI=1S/C18H15Cl2N5O3/c1-10-12(20)4-3-5-13(10)23-17-16(25(26)27)18(22-9-21-17)24-14-8-11(19)6-7-15(14)28-2/h3-9H,1-2H3,(H2,21,22,23,24). The van der Waals surface area contributed by atoms with Crippen LogP contribution in [0.2, 0.25) is 10.0 Å². The Kier molecular flexibility index (Phi) is 5.81. The Bertz CT molecular complexity index is 1050. The average molecular weight is 420 g/mol. The lowest BCUT2D eigenvalue weighted by atomic mass is 10.2. The van der Waals surface area contributed by atoms with Crippen molar-refractivity contribution in [2.24, 2.45) is 0 Å². The zero-order valence-electron chi connectivity index (χ0n) is 14.9. The zero-order chi connectivity index (χ0) is 20.3. The van der Waals surface area contributed by atoms with E-state index in [9.17, 15) is 10.1 Å². The molecule has 0 fully saturated rings. The van der Waals surface area contributed by atoms with Crippen molar-refractivity contribution in [3.63, 3.8) is 0 Å². The summed E-state index contributed by atoms with van der Waals surface area (Å²) in [5.74, 6) is 0.467. The maximum Gasteiger partial charge on any atom is 0.353 e. The molecule has 0 amide bonds. The second-order valence-electron chi connectivity index (χ2n) is 5.68. The lowest BCUT2D eigenvalue weighted by Crippen LogP contribution is -2.06. The van der Waals surface area contributed by atoms with Crippen LogP contribution >= 0.6 is 23.2 Å². The Morgan fingerprint density at radius 2 is 1.75 bits per heavy atom. The minimum Gasteiger partial charge on any atom is -0.495 e. The van der Waals surface area contributed by atoms with Gasteiger partial charge in [0.2, 0.25) is 11.6 Å². The highest BCUT2D eigenvalue weighted by Crippen LogP contribution is 2.37. The van der Waals surface area contributed by atoms with E-state index in [2.05, 4.69) is 20.6 Å². The fourth-order valence-electron chi connectivity index (χ4n) is 2.51. The summed E-state index contributed by atoms with van der Waals surface area (Å²) in [6.45, 7) is 1.80. The lowest BCUT2D eigenvalue weighted by Gasteiger charge is -2.13. The number of benzene rings is 2. The van der Waals surface area contributed by atoms with E-state index < -0.39 is 4.92 Å². The van der Waals surface area contributed by atoms with Gasteiger partial charge in [0.05, 0.1) is 17.7 Å². The first-order chi connectivity index (χ1) is 13.4. The summed E-state index contributed by atoms with van der Waals surface area (Å²) >= 11 is 12.1. The molecule has 144 valence electrons. The Balaban J connectivity index is 2.04. The summed E-state index contributed by atoms with van der Waals surface area (Å²) in [7, 11) is 1.48. The predicted octanol–water partition coefficient (Wildman–Crippen LogP) is 5.50. The van der Waals surface area contributed by atoms with E-state index in [1.165, 1.54) is 13.4 Å². The predicted molar refractivity (Wildman–Crippen MR) is 109 cm³/mol. The fourth-order valence-corrected chi connectivity index (χ4v) is 2.86. The average Bonchev–Trinajstić information content (AvgIpc) is 2.65. The van der Waals surface area contributed by atoms with Gasteiger partial charge < -0.3 is 15.4 Å². The minimum absolute atomic E-state index is 0.0113. The van der Waals surface area contributed by atoms with Crippen LogP contribution in [0, 0.1) is 17.0 Å². The largest absolute Gasteiger partial charge is 0.495 e. The highest BCUT2D eigenvalue weighted by Gasteiger charge is 2.24. The van der Waals surface area contributed by atoms with Crippen LogP contribution in [-0.2, 0) is 0 Å². The number of hydrogen-bond donors (Lipinski definition) is 2. The molecule has 2 aromatic carbocycles. The van der Waals surface area contributed by atoms with Gasteiger partial charge in [-0.15, -0.1) is 0 Å². The van der Waals surface area contributed by atoms with Crippen LogP contribution < -0.4 is 15.4 Å². The molecule has 1 heterocycles. The summed E-state index contributed by atoms with van der Waals surface area (Å²) in [6.07, 6.45) is 1.22. The Labute approximate surface area is 170 Å². The van der Waals surface area contributed by atoms with Gasteiger partial charge in [0.1, 0.15) is 12.1 Å². The van der Waals surface area contributed by atoms with Gasteiger partial charge in [0.25, 0.3) is 0 Å². The van der Waals surface area contributed by atoms with Crippen LogP contribution in [0.1, 0.15) is 5.56 Å². The Hall–Kier alpha value is -3.10. The summed E-state index contributed by atoms with van der Waals surface area (Å²) in [6, 6.07) is 10.1. The second kappa shape index (κ2) is 8.28. The molecule has 0 saturated carbocycles. The van der Waals surface area contributed by atoms with E-state index in [1.807, 2.05) is 0 Å². The molecule has 2 N–H and O–H groups in total. The van der Waals surface area contributed by atoms with Gasteiger partial charge >= 0.3 is 5.69 Å². The van der Waals surface area contributed by atoms with Crippen LogP contribution in [0.4, 0.5) is 28.7 Å². The van der Waals surface area contributed by atoms with Crippen molar-refractivity contribution in [2.75, 3.05) is 17.7 Å². The second-order valence-corrected chi connectivity index (χ2v) is 6.53. The molecule has 28 heavy (non-hydrogen) atoms. The van der Waals surface area contributed by atoms with Crippen molar-refractivity contribution < 1.29 is 9.66 Å². The van der Waals surface area contributed by atoms with E-state index in [0.717, 1.165) is 5.56 Å². The number of anilines is 4. The quantitative estimate of drug-likeness (QED) is 0.401. The number of nitro groups is 1. The van der Waals surface area contributed by atoms with Gasteiger partial charge in [-0.2, -0.15) is 0 Å². The van der Waals surface area contributed by atoms with E-state index in [1.54, 1.807) is 43.3 Å². The molecule has 1 aromatic heterocycles. The topological polar surface area (TPSA) is 102 Å². The SMILES string of the molecule is COc1ccc(Cl)cc1Nc1ncnc(Nc2cccc(Cl)c2C)c1[N+](=O)[O-]. The molecular formula is C18H15Cl2N5O3. The van der Waals surface area contributed by atoms with Crippen molar-refractivity contribution in [1.29, 1.82) is 0 Å². The molecule has 3 aromatic rings. The fraction of sp³-hybridized carbons (Fsp3) is 0.111.